The molecule has 1 aliphatic rings. The van der Waals surface area contributed by atoms with Crippen molar-refractivity contribution >= 4 is 5.78 Å². The number of β-amino-alcohol motifs (C(OH)–C–C–N with tert-alkyl or cyclic N) is 1. The number of nitrogens with zero attached hydrogens (tertiary/aromatic N) is 2. The molecule has 1 heterocycles. The Bertz CT molecular complexity index is 344. The molecule has 1 aliphatic heterocycles. The van der Waals surface area contributed by atoms with Gasteiger partial charge in [-0.25, -0.2) is 0 Å². The number of hydrogen-bond acceptors (Lipinski definition) is 7. The van der Waals surface area contributed by atoms with Gasteiger partial charge in [-0.05, 0) is 12.3 Å². The SMILES string of the molecule is CC(C)C(=O)CN1CCN(CC(O)CO)CC1.CC(C)CC(O)CO. The third-order valence-electron chi connectivity index (χ3n) is 4.12. The van der Waals surface area contributed by atoms with E-state index in [1.807, 2.05) is 27.7 Å². The summed E-state index contributed by atoms with van der Waals surface area (Å²) in [7, 11) is 0. The van der Waals surface area contributed by atoms with Crippen molar-refractivity contribution in [3.63, 3.8) is 0 Å². The Labute approximate surface area is 152 Å². The van der Waals surface area contributed by atoms with Crippen LogP contribution in [0, 0.1) is 11.8 Å². The van der Waals surface area contributed by atoms with Crippen molar-refractivity contribution in [3.8, 4) is 0 Å². The maximum Gasteiger partial charge on any atom is 0.149 e. The maximum atomic E-state index is 11.6. The lowest BCUT2D eigenvalue weighted by molar-refractivity contribution is -0.123. The molecular weight excluding hydrogens is 324 g/mol. The molecule has 2 atom stereocenters. The van der Waals surface area contributed by atoms with E-state index in [9.17, 15) is 9.90 Å². The number of ketones is 1. The van der Waals surface area contributed by atoms with Crippen LogP contribution in [0.2, 0.25) is 0 Å². The summed E-state index contributed by atoms with van der Waals surface area (Å²) in [5, 5.41) is 35.2. The van der Waals surface area contributed by atoms with Gasteiger partial charge in [-0.15, -0.1) is 0 Å². The third-order valence-corrected chi connectivity index (χ3v) is 4.12. The zero-order chi connectivity index (χ0) is 19.4. The predicted molar refractivity (Wildman–Crippen MR) is 98.4 cm³/mol. The second-order valence-corrected chi connectivity index (χ2v) is 7.50. The summed E-state index contributed by atoms with van der Waals surface area (Å²) in [6.07, 6.45) is -0.481. The highest BCUT2D eigenvalue weighted by molar-refractivity contribution is 5.82. The highest BCUT2D eigenvalue weighted by atomic mass is 16.3. The summed E-state index contributed by atoms with van der Waals surface area (Å²) in [5.41, 5.74) is 0. The van der Waals surface area contributed by atoms with E-state index >= 15 is 0 Å². The Kier molecular flexibility index (Phi) is 13.3. The Morgan fingerprint density at radius 3 is 1.72 bits per heavy atom. The van der Waals surface area contributed by atoms with E-state index in [0.717, 1.165) is 26.2 Å². The largest absolute Gasteiger partial charge is 0.394 e. The lowest BCUT2D eigenvalue weighted by atomic mass is 10.1. The minimum atomic E-state index is -0.654. The van der Waals surface area contributed by atoms with Crippen LogP contribution in [0.25, 0.3) is 0 Å². The third kappa shape index (κ3) is 12.4. The monoisotopic (exact) mass is 362 g/mol. The fourth-order valence-corrected chi connectivity index (χ4v) is 2.51. The van der Waals surface area contributed by atoms with Gasteiger partial charge in [-0.3, -0.25) is 14.6 Å². The van der Waals surface area contributed by atoms with Crippen LogP contribution in [0.3, 0.4) is 0 Å². The average molecular weight is 363 g/mol. The summed E-state index contributed by atoms with van der Waals surface area (Å²) in [6.45, 7) is 12.0. The van der Waals surface area contributed by atoms with Crippen molar-refractivity contribution in [3.05, 3.63) is 0 Å². The van der Waals surface area contributed by atoms with Gasteiger partial charge >= 0.3 is 0 Å². The standard InChI is InChI=1S/C12H24N2O3.C6H14O2/c1-10(2)12(17)8-14-5-3-13(4-6-14)7-11(16)9-15;1-5(2)3-6(8)4-7/h10-11,15-16H,3-9H2,1-2H3;5-8H,3-4H2,1-2H3. The molecule has 7 nitrogen and oxygen atoms in total. The Morgan fingerprint density at radius 2 is 1.36 bits per heavy atom. The van der Waals surface area contributed by atoms with Crippen LogP contribution in [0.15, 0.2) is 0 Å². The summed E-state index contributed by atoms with van der Waals surface area (Å²) in [4.78, 5) is 15.9. The minimum absolute atomic E-state index is 0.101. The van der Waals surface area contributed by atoms with Crippen molar-refractivity contribution in [2.45, 2.75) is 46.3 Å². The molecule has 0 aromatic carbocycles. The van der Waals surface area contributed by atoms with Crippen LogP contribution >= 0.6 is 0 Å². The number of rotatable bonds is 9. The number of hydrogen-bond donors (Lipinski definition) is 4. The number of aliphatic hydroxyl groups is 4. The zero-order valence-electron chi connectivity index (χ0n) is 16.3. The van der Waals surface area contributed by atoms with Crippen LogP contribution in [0.4, 0.5) is 0 Å². The molecule has 1 fully saturated rings. The second kappa shape index (κ2) is 13.6. The molecule has 0 amide bonds. The van der Waals surface area contributed by atoms with Crippen molar-refractivity contribution in [1.82, 2.24) is 9.80 Å². The smallest absolute Gasteiger partial charge is 0.149 e. The molecule has 0 aromatic rings. The van der Waals surface area contributed by atoms with Gasteiger partial charge in [0.25, 0.3) is 0 Å². The molecule has 0 aromatic heterocycles. The van der Waals surface area contributed by atoms with E-state index in [4.69, 9.17) is 15.3 Å². The lowest BCUT2D eigenvalue weighted by Crippen LogP contribution is -2.50. The molecule has 0 bridgehead atoms. The number of aliphatic hydroxyl groups excluding tert-OH is 4. The summed E-state index contributed by atoms with van der Waals surface area (Å²) in [6, 6.07) is 0. The van der Waals surface area contributed by atoms with Crippen molar-refractivity contribution in [2.24, 2.45) is 11.8 Å². The van der Waals surface area contributed by atoms with Crippen LogP contribution in [0.5, 0.6) is 0 Å². The average Bonchev–Trinajstić information content (AvgIpc) is 2.56. The lowest BCUT2D eigenvalue weighted by Gasteiger charge is -2.35. The summed E-state index contributed by atoms with van der Waals surface area (Å²) in [5.74, 6) is 0.857. The first-order valence-corrected chi connectivity index (χ1v) is 9.24. The fraction of sp³-hybridized carbons (Fsp3) is 0.944. The molecule has 2 unspecified atom stereocenters. The molecule has 7 heteroatoms. The molecule has 0 saturated carbocycles. The second-order valence-electron chi connectivity index (χ2n) is 7.50. The highest BCUT2D eigenvalue weighted by Gasteiger charge is 2.21. The van der Waals surface area contributed by atoms with Gasteiger partial charge in [0.1, 0.15) is 5.78 Å². The summed E-state index contributed by atoms with van der Waals surface area (Å²) < 4.78 is 0. The first-order valence-electron chi connectivity index (χ1n) is 9.24. The minimum Gasteiger partial charge on any atom is -0.394 e. The molecular formula is C18H38N2O5. The van der Waals surface area contributed by atoms with Crippen LogP contribution < -0.4 is 0 Å². The molecule has 0 radical (unpaired) electrons. The van der Waals surface area contributed by atoms with Gasteiger partial charge in [0.05, 0.1) is 32.0 Å². The maximum absolute atomic E-state index is 11.6. The quantitative estimate of drug-likeness (QED) is 0.441. The van der Waals surface area contributed by atoms with Gasteiger partial charge in [0.15, 0.2) is 0 Å². The van der Waals surface area contributed by atoms with Crippen molar-refractivity contribution < 1.29 is 25.2 Å². The molecule has 1 rings (SSSR count). The van der Waals surface area contributed by atoms with E-state index in [1.165, 1.54) is 0 Å². The van der Waals surface area contributed by atoms with Crippen molar-refractivity contribution in [2.75, 3.05) is 52.5 Å². The first-order chi connectivity index (χ1) is 11.7. The molecule has 150 valence electrons. The van der Waals surface area contributed by atoms with Gasteiger partial charge < -0.3 is 20.4 Å². The van der Waals surface area contributed by atoms with E-state index in [-0.39, 0.29) is 24.9 Å². The Hall–Kier alpha value is -0.570. The van der Waals surface area contributed by atoms with Crippen LogP contribution in [-0.4, -0.2) is 101 Å². The van der Waals surface area contributed by atoms with Crippen LogP contribution in [0.1, 0.15) is 34.1 Å². The highest BCUT2D eigenvalue weighted by Crippen LogP contribution is 2.05. The summed E-state index contributed by atoms with van der Waals surface area (Å²) >= 11 is 0. The molecule has 0 aliphatic carbocycles. The molecule has 4 N–H and O–H groups in total. The normalized spacial score (nSPS) is 18.8. The molecule has 25 heavy (non-hydrogen) atoms. The number of carbonyl (C=O) groups excluding carboxylic acids is 1. The van der Waals surface area contributed by atoms with E-state index in [1.54, 1.807) is 0 Å². The van der Waals surface area contributed by atoms with Crippen LogP contribution in [-0.2, 0) is 4.79 Å². The Balaban J connectivity index is 0.000000609. The van der Waals surface area contributed by atoms with E-state index in [2.05, 4.69) is 9.80 Å². The predicted octanol–water partition coefficient (Wildman–Crippen LogP) is -0.432. The van der Waals surface area contributed by atoms with E-state index < -0.39 is 12.2 Å². The number of carbonyl (C=O) groups is 1. The fourth-order valence-electron chi connectivity index (χ4n) is 2.51. The molecule has 0 spiro atoms. The Morgan fingerprint density at radius 1 is 0.880 bits per heavy atom. The molecule has 1 saturated heterocycles. The van der Waals surface area contributed by atoms with Gasteiger partial charge in [0, 0.05) is 38.6 Å². The topological polar surface area (TPSA) is 104 Å². The van der Waals surface area contributed by atoms with Gasteiger partial charge in [-0.1, -0.05) is 27.7 Å². The zero-order valence-corrected chi connectivity index (χ0v) is 16.3. The first kappa shape index (κ1) is 24.4. The van der Waals surface area contributed by atoms with Gasteiger partial charge in [0.2, 0.25) is 0 Å². The van der Waals surface area contributed by atoms with Crippen molar-refractivity contribution in [1.29, 1.82) is 0 Å². The van der Waals surface area contributed by atoms with Gasteiger partial charge in [-0.2, -0.15) is 0 Å². The number of Topliss-reactive ketones (excluding diaryl/α,β-unsaturated/α-hetero) is 1. The van der Waals surface area contributed by atoms with E-state index in [0.29, 0.717) is 25.4 Å². The number of piperazine rings is 1.